The second-order valence-corrected chi connectivity index (χ2v) is 1.77. The summed E-state index contributed by atoms with van der Waals surface area (Å²) < 4.78 is 4.50. The Labute approximate surface area is 69.3 Å². The van der Waals surface area contributed by atoms with Gasteiger partial charge in [-0.15, -0.1) is 0 Å². The van der Waals surface area contributed by atoms with Crippen LogP contribution in [-0.2, 0) is 0 Å². The summed E-state index contributed by atoms with van der Waals surface area (Å²) in [6.45, 7) is 0. The van der Waals surface area contributed by atoms with Crippen molar-refractivity contribution in [3.63, 3.8) is 0 Å². The summed E-state index contributed by atoms with van der Waals surface area (Å²) in [5.74, 6) is 0. The number of rotatable bonds is 0. The molecular formula is C7H8N4O. The molecule has 0 fully saturated rings. The Bertz CT molecular complexity index is 255. The summed E-state index contributed by atoms with van der Waals surface area (Å²) in [5, 5.41) is 0. The van der Waals surface area contributed by atoms with Crippen molar-refractivity contribution in [2.24, 2.45) is 0 Å². The van der Waals surface area contributed by atoms with Crippen molar-refractivity contribution >= 4 is 6.01 Å². The van der Waals surface area contributed by atoms with Gasteiger partial charge in [-0.1, -0.05) is 0 Å². The highest BCUT2D eigenvalue weighted by Crippen LogP contribution is 1.90. The van der Waals surface area contributed by atoms with Gasteiger partial charge in [0.25, 0.3) is 6.01 Å². The van der Waals surface area contributed by atoms with E-state index in [1.54, 1.807) is 18.5 Å². The van der Waals surface area contributed by atoms with E-state index in [-0.39, 0.29) is 6.01 Å². The summed E-state index contributed by atoms with van der Waals surface area (Å²) in [6, 6.07) is 2.00. The molecule has 2 aromatic rings. The fraction of sp³-hybridized carbons (Fsp3) is 0. The first kappa shape index (κ1) is 8.19. The minimum absolute atomic E-state index is 0.218. The van der Waals surface area contributed by atoms with Crippen molar-refractivity contribution in [3.8, 4) is 0 Å². The van der Waals surface area contributed by atoms with Crippen molar-refractivity contribution in [3.05, 3.63) is 37.2 Å². The molecule has 0 amide bonds. The van der Waals surface area contributed by atoms with Gasteiger partial charge in [-0.3, -0.25) is 0 Å². The summed E-state index contributed by atoms with van der Waals surface area (Å²) in [4.78, 5) is 10.9. The Morgan fingerprint density at radius 3 is 2.08 bits per heavy atom. The lowest BCUT2D eigenvalue weighted by Gasteiger charge is -1.70. The van der Waals surface area contributed by atoms with Crippen LogP contribution in [0.4, 0.5) is 6.01 Å². The molecule has 0 radical (unpaired) electrons. The minimum Gasteiger partial charge on any atom is -0.432 e. The molecule has 0 bridgehead atoms. The third kappa shape index (κ3) is 3.31. The van der Waals surface area contributed by atoms with Crippen molar-refractivity contribution in [1.82, 2.24) is 15.0 Å². The topological polar surface area (TPSA) is 77.8 Å². The van der Waals surface area contributed by atoms with E-state index in [4.69, 9.17) is 5.73 Å². The van der Waals surface area contributed by atoms with Crippen molar-refractivity contribution in [1.29, 1.82) is 0 Å². The quantitative estimate of drug-likeness (QED) is 0.621. The molecule has 2 heterocycles. The second-order valence-electron chi connectivity index (χ2n) is 1.77. The third-order valence-corrected chi connectivity index (χ3v) is 0.929. The van der Waals surface area contributed by atoms with Gasteiger partial charge in [-0.25, -0.2) is 15.0 Å². The van der Waals surface area contributed by atoms with Gasteiger partial charge in [-0.2, -0.15) is 0 Å². The van der Waals surface area contributed by atoms with Gasteiger partial charge in [0.05, 0.1) is 6.20 Å². The van der Waals surface area contributed by atoms with E-state index in [2.05, 4.69) is 19.4 Å². The summed E-state index contributed by atoms with van der Waals surface area (Å²) in [7, 11) is 0. The van der Waals surface area contributed by atoms with Crippen LogP contribution in [0.5, 0.6) is 0 Å². The van der Waals surface area contributed by atoms with Crippen molar-refractivity contribution in [2.75, 3.05) is 5.73 Å². The Balaban J connectivity index is 0.000000120. The fourth-order valence-corrected chi connectivity index (χ4v) is 0.488. The molecule has 5 heteroatoms. The zero-order valence-corrected chi connectivity index (χ0v) is 6.29. The molecular weight excluding hydrogens is 156 g/mol. The van der Waals surface area contributed by atoms with Crippen LogP contribution in [0.25, 0.3) is 0 Å². The molecule has 5 nitrogen and oxygen atoms in total. The van der Waals surface area contributed by atoms with E-state index in [0.29, 0.717) is 0 Å². The standard InChI is InChI=1S/C4H4N2.C3H4N2O/c1-2-5-4-6-3-1;4-3-5-1-2-6-3/h1-4H;1-2H,(H2,4,5). The molecule has 0 aromatic carbocycles. The third-order valence-electron chi connectivity index (χ3n) is 0.929. The van der Waals surface area contributed by atoms with Crippen LogP contribution in [0.2, 0.25) is 0 Å². The number of anilines is 1. The van der Waals surface area contributed by atoms with Crippen LogP contribution in [0.3, 0.4) is 0 Å². The molecule has 0 aliphatic carbocycles. The van der Waals surface area contributed by atoms with Crippen LogP contribution in [0, 0.1) is 0 Å². The maximum absolute atomic E-state index is 5.00. The van der Waals surface area contributed by atoms with Crippen molar-refractivity contribution in [2.45, 2.75) is 0 Å². The first-order chi connectivity index (χ1) is 5.89. The van der Waals surface area contributed by atoms with Crippen LogP contribution in [0.1, 0.15) is 0 Å². The van der Waals surface area contributed by atoms with E-state index < -0.39 is 0 Å². The van der Waals surface area contributed by atoms with E-state index in [1.807, 2.05) is 0 Å². The molecule has 0 unspecified atom stereocenters. The number of nitrogen functional groups attached to an aromatic ring is 1. The molecule has 0 saturated heterocycles. The number of oxazole rings is 1. The van der Waals surface area contributed by atoms with Crippen LogP contribution < -0.4 is 5.73 Å². The maximum Gasteiger partial charge on any atom is 0.291 e. The zero-order chi connectivity index (χ0) is 8.65. The van der Waals surface area contributed by atoms with E-state index in [1.165, 1.54) is 18.8 Å². The number of nitrogens with two attached hydrogens (primary N) is 1. The minimum atomic E-state index is 0.218. The van der Waals surface area contributed by atoms with Crippen LogP contribution in [0.15, 0.2) is 41.7 Å². The lowest BCUT2D eigenvalue weighted by Crippen LogP contribution is -1.79. The normalized spacial score (nSPS) is 8.33. The van der Waals surface area contributed by atoms with Gasteiger partial charge < -0.3 is 10.2 Å². The molecule has 0 spiro atoms. The highest BCUT2D eigenvalue weighted by Gasteiger charge is 1.78. The van der Waals surface area contributed by atoms with E-state index >= 15 is 0 Å². The van der Waals surface area contributed by atoms with Gasteiger partial charge in [-0.05, 0) is 6.07 Å². The first-order valence-electron chi connectivity index (χ1n) is 3.24. The number of aromatic nitrogens is 3. The second kappa shape index (κ2) is 4.84. The SMILES string of the molecule is Nc1ncco1.c1cncnc1. The molecule has 0 saturated carbocycles. The van der Waals surface area contributed by atoms with Gasteiger partial charge in [0.2, 0.25) is 0 Å². The highest BCUT2D eigenvalue weighted by molar-refractivity contribution is 5.04. The molecule has 2 N–H and O–H groups in total. The summed E-state index contributed by atoms with van der Waals surface area (Å²) >= 11 is 0. The summed E-state index contributed by atoms with van der Waals surface area (Å²) in [5.41, 5.74) is 5.00. The molecule has 0 aliphatic rings. The molecule has 12 heavy (non-hydrogen) atoms. The monoisotopic (exact) mass is 164 g/mol. The molecule has 2 aromatic heterocycles. The Hall–Kier alpha value is -1.91. The number of nitrogens with zero attached hydrogens (tertiary/aromatic N) is 3. The summed E-state index contributed by atoms with van der Waals surface area (Å²) in [6.07, 6.45) is 7.80. The Kier molecular flexibility index (Phi) is 3.30. The smallest absolute Gasteiger partial charge is 0.291 e. The molecule has 0 atom stereocenters. The largest absolute Gasteiger partial charge is 0.432 e. The number of hydrogen-bond acceptors (Lipinski definition) is 5. The van der Waals surface area contributed by atoms with Gasteiger partial charge in [0.15, 0.2) is 0 Å². The lowest BCUT2D eigenvalue weighted by atomic mass is 10.7. The van der Waals surface area contributed by atoms with Gasteiger partial charge in [0, 0.05) is 12.4 Å². The Morgan fingerprint density at radius 1 is 1.17 bits per heavy atom. The first-order valence-corrected chi connectivity index (χ1v) is 3.24. The Morgan fingerprint density at radius 2 is 1.92 bits per heavy atom. The van der Waals surface area contributed by atoms with E-state index in [0.717, 1.165) is 0 Å². The zero-order valence-electron chi connectivity index (χ0n) is 6.29. The molecule has 0 aliphatic heterocycles. The lowest BCUT2D eigenvalue weighted by molar-refractivity contribution is 0.580. The van der Waals surface area contributed by atoms with Gasteiger partial charge >= 0.3 is 0 Å². The highest BCUT2D eigenvalue weighted by atomic mass is 16.3. The predicted octanol–water partition coefficient (Wildman–Crippen LogP) is 0.733. The maximum atomic E-state index is 5.00. The average Bonchev–Trinajstić information content (AvgIpc) is 2.60. The van der Waals surface area contributed by atoms with Crippen molar-refractivity contribution < 1.29 is 4.42 Å². The molecule has 62 valence electrons. The fourth-order valence-electron chi connectivity index (χ4n) is 0.488. The number of hydrogen-bond donors (Lipinski definition) is 1. The molecule has 2 rings (SSSR count). The van der Waals surface area contributed by atoms with Crippen LogP contribution >= 0.6 is 0 Å². The van der Waals surface area contributed by atoms with E-state index in [9.17, 15) is 0 Å². The predicted molar refractivity (Wildman–Crippen MR) is 42.9 cm³/mol. The average molecular weight is 164 g/mol. The van der Waals surface area contributed by atoms with Crippen LogP contribution in [-0.4, -0.2) is 15.0 Å². The van der Waals surface area contributed by atoms with Gasteiger partial charge in [0.1, 0.15) is 12.6 Å².